The van der Waals surface area contributed by atoms with Crippen LogP contribution in [0.1, 0.15) is 12.8 Å². The zero-order valence-electron chi connectivity index (χ0n) is 11.8. The third-order valence-electron chi connectivity index (χ3n) is 3.13. The highest BCUT2D eigenvalue weighted by molar-refractivity contribution is 8.00. The Bertz CT molecular complexity index is 505. The van der Waals surface area contributed by atoms with E-state index in [1.807, 2.05) is 0 Å². The summed E-state index contributed by atoms with van der Waals surface area (Å²) in [6.07, 6.45) is 1.97. The van der Waals surface area contributed by atoms with Crippen LogP contribution in [0.4, 0.5) is 23.7 Å². The average Bonchev–Trinajstić information content (AvgIpc) is 2.45. The highest BCUT2D eigenvalue weighted by Crippen LogP contribution is 2.37. The van der Waals surface area contributed by atoms with Gasteiger partial charge in [0, 0.05) is 23.7 Å². The number of benzene rings is 1. The zero-order chi connectivity index (χ0) is 16.0. The van der Waals surface area contributed by atoms with Crippen molar-refractivity contribution in [2.75, 3.05) is 25.1 Å². The Morgan fingerprint density at radius 2 is 2.23 bits per heavy atom. The Morgan fingerprint density at radius 3 is 2.91 bits per heavy atom. The van der Waals surface area contributed by atoms with E-state index >= 15 is 0 Å². The number of carbonyl (C=O) groups excluding carboxylic acids is 1. The van der Waals surface area contributed by atoms with E-state index in [0.717, 1.165) is 19.4 Å². The van der Waals surface area contributed by atoms with Crippen molar-refractivity contribution in [1.82, 2.24) is 5.32 Å². The van der Waals surface area contributed by atoms with Crippen molar-refractivity contribution in [3.63, 3.8) is 0 Å². The molecule has 0 aliphatic carbocycles. The molecule has 0 radical (unpaired) electrons. The summed E-state index contributed by atoms with van der Waals surface area (Å²) in [6.45, 7) is 1.87. The molecule has 1 fully saturated rings. The molecule has 0 saturated carbocycles. The van der Waals surface area contributed by atoms with Gasteiger partial charge in [-0.1, -0.05) is 6.07 Å². The van der Waals surface area contributed by atoms with Crippen LogP contribution in [0.3, 0.4) is 0 Å². The Labute approximate surface area is 130 Å². The van der Waals surface area contributed by atoms with Crippen molar-refractivity contribution in [2.45, 2.75) is 23.2 Å². The highest BCUT2D eigenvalue weighted by atomic mass is 32.2. The lowest BCUT2D eigenvalue weighted by atomic mass is 10.0. The molecular formula is C14H17F3N2O2S. The van der Waals surface area contributed by atoms with E-state index < -0.39 is 11.5 Å². The van der Waals surface area contributed by atoms with E-state index in [4.69, 9.17) is 4.74 Å². The first kappa shape index (κ1) is 17.0. The van der Waals surface area contributed by atoms with E-state index in [1.165, 1.54) is 18.2 Å². The summed E-state index contributed by atoms with van der Waals surface area (Å²) < 4.78 is 42.3. The summed E-state index contributed by atoms with van der Waals surface area (Å²) in [4.78, 5) is 11.8. The summed E-state index contributed by atoms with van der Waals surface area (Å²) in [5.74, 6) is 0.284. The summed E-state index contributed by atoms with van der Waals surface area (Å²) in [7, 11) is 0. The molecule has 1 aromatic carbocycles. The second-order valence-corrected chi connectivity index (χ2v) is 6.13. The molecule has 1 aliphatic heterocycles. The summed E-state index contributed by atoms with van der Waals surface area (Å²) in [5.41, 5.74) is -4.02. The molecular weight excluding hydrogens is 317 g/mol. The Balaban J connectivity index is 1.81. The smallest absolute Gasteiger partial charge is 0.381 e. The molecule has 122 valence electrons. The molecule has 0 spiro atoms. The van der Waals surface area contributed by atoms with Crippen LogP contribution in [0, 0.1) is 5.92 Å². The van der Waals surface area contributed by atoms with E-state index in [1.54, 1.807) is 6.07 Å². The lowest BCUT2D eigenvalue weighted by Gasteiger charge is -2.22. The third-order valence-corrected chi connectivity index (χ3v) is 3.85. The maximum absolute atomic E-state index is 12.3. The molecule has 1 aliphatic rings. The van der Waals surface area contributed by atoms with Gasteiger partial charge in [-0.05, 0) is 48.7 Å². The first-order chi connectivity index (χ1) is 10.4. The number of urea groups is 1. The highest BCUT2D eigenvalue weighted by Gasteiger charge is 2.29. The number of amides is 2. The summed E-state index contributed by atoms with van der Waals surface area (Å²) >= 11 is -0.210. The maximum atomic E-state index is 12.3. The molecule has 1 heterocycles. The van der Waals surface area contributed by atoms with Gasteiger partial charge < -0.3 is 15.4 Å². The largest absolute Gasteiger partial charge is 0.446 e. The van der Waals surface area contributed by atoms with Crippen molar-refractivity contribution in [3.8, 4) is 0 Å². The molecule has 0 bridgehead atoms. The van der Waals surface area contributed by atoms with Crippen LogP contribution in [-0.4, -0.2) is 31.3 Å². The normalized spacial score (nSPS) is 18.8. The molecule has 22 heavy (non-hydrogen) atoms. The fraction of sp³-hybridized carbons (Fsp3) is 0.500. The number of hydrogen-bond acceptors (Lipinski definition) is 3. The standard InChI is InChI=1S/C14H17F3N2O2S/c15-14(16,17)22-12-5-1-4-11(7-12)19-13(20)18-8-10-3-2-6-21-9-10/h1,4-5,7,10H,2-3,6,8-9H2,(H2,18,19,20)/t10-/m0/s1. The monoisotopic (exact) mass is 334 g/mol. The van der Waals surface area contributed by atoms with Crippen LogP contribution in [0.2, 0.25) is 0 Å². The SMILES string of the molecule is O=C(NC[C@@H]1CCCOC1)Nc1cccc(SC(F)(F)F)c1. The molecule has 8 heteroatoms. The van der Waals surface area contributed by atoms with E-state index in [0.29, 0.717) is 18.8 Å². The lowest BCUT2D eigenvalue weighted by Crippen LogP contribution is -2.35. The van der Waals surface area contributed by atoms with Gasteiger partial charge >= 0.3 is 11.5 Å². The molecule has 1 atom stereocenters. The average molecular weight is 334 g/mol. The van der Waals surface area contributed by atoms with Crippen molar-refractivity contribution < 1.29 is 22.7 Å². The Kier molecular flexibility index (Phi) is 5.96. The van der Waals surface area contributed by atoms with E-state index in [-0.39, 0.29) is 22.6 Å². The second kappa shape index (κ2) is 7.73. The van der Waals surface area contributed by atoms with Gasteiger partial charge in [-0.3, -0.25) is 0 Å². The van der Waals surface area contributed by atoms with Crippen LogP contribution in [-0.2, 0) is 4.74 Å². The predicted octanol–water partition coefficient (Wildman–Crippen LogP) is 3.85. The van der Waals surface area contributed by atoms with Crippen LogP contribution in [0.5, 0.6) is 0 Å². The van der Waals surface area contributed by atoms with Crippen LogP contribution >= 0.6 is 11.8 Å². The molecule has 2 rings (SSSR count). The molecule has 1 saturated heterocycles. The second-order valence-electron chi connectivity index (χ2n) is 4.99. The van der Waals surface area contributed by atoms with E-state index in [2.05, 4.69) is 10.6 Å². The minimum absolute atomic E-state index is 0.0333. The number of alkyl halides is 3. The van der Waals surface area contributed by atoms with Gasteiger partial charge in [0.25, 0.3) is 0 Å². The first-order valence-electron chi connectivity index (χ1n) is 6.91. The number of ether oxygens (including phenoxy) is 1. The van der Waals surface area contributed by atoms with Crippen LogP contribution < -0.4 is 10.6 Å². The van der Waals surface area contributed by atoms with Gasteiger partial charge in [-0.15, -0.1) is 0 Å². The third kappa shape index (κ3) is 6.15. The van der Waals surface area contributed by atoms with Gasteiger partial charge in [0.1, 0.15) is 0 Å². The van der Waals surface area contributed by atoms with Crippen molar-refractivity contribution in [1.29, 1.82) is 0 Å². The summed E-state index contributed by atoms with van der Waals surface area (Å²) in [6, 6.07) is 5.23. The molecule has 2 N–H and O–H groups in total. The fourth-order valence-electron chi connectivity index (χ4n) is 2.15. The Morgan fingerprint density at radius 1 is 1.41 bits per heavy atom. The summed E-state index contributed by atoms with van der Waals surface area (Å²) in [5, 5.41) is 5.25. The minimum atomic E-state index is -4.35. The zero-order valence-corrected chi connectivity index (χ0v) is 12.6. The number of hydrogen-bond donors (Lipinski definition) is 2. The first-order valence-corrected chi connectivity index (χ1v) is 7.72. The number of carbonyl (C=O) groups is 1. The van der Waals surface area contributed by atoms with Crippen molar-refractivity contribution in [3.05, 3.63) is 24.3 Å². The van der Waals surface area contributed by atoms with Crippen molar-refractivity contribution in [2.24, 2.45) is 5.92 Å². The van der Waals surface area contributed by atoms with Gasteiger partial charge in [0.2, 0.25) is 0 Å². The van der Waals surface area contributed by atoms with Gasteiger partial charge in [0.05, 0.1) is 6.61 Å². The molecule has 4 nitrogen and oxygen atoms in total. The Hall–Kier alpha value is -1.41. The van der Waals surface area contributed by atoms with Gasteiger partial charge in [-0.2, -0.15) is 13.2 Å². The number of thioether (sulfide) groups is 1. The predicted molar refractivity (Wildman–Crippen MR) is 78.9 cm³/mol. The van der Waals surface area contributed by atoms with Gasteiger partial charge in [0.15, 0.2) is 0 Å². The maximum Gasteiger partial charge on any atom is 0.446 e. The van der Waals surface area contributed by atoms with Gasteiger partial charge in [-0.25, -0.2) is 4.79 Å². The number of anilines is 1. The fourth-order valence-corrected chi connectivity index (χ4v) is 2.75. The molecule has 1 aromatic rings. The van der Waals surface area contributed by atoms with Crippen LogP contribution in [0.15, 0.2) is 29.2 Å². The van der Waals surface area contributed by atoms with Crippen LogP contribution in [0.25, 0.3) is 0 Å². The van der Waals surface area contributed by atoms with Crippen molar-refractivity contribution >= 4 is 23.5 Å². The van der Waals surface area contributed by atoms with E-state index in [9.17, 15) is 18.0 Å². The number of nitrogens with one attached hydrogen (secondary N) is 2. The number of halogens is 3. The molecule has 2 amide bonds. The number of rotatable bonds is 4. The lowest BCUT2D eigenvalue weighted by molar-refractivity contribution is -0.0328. The quantitative estimate of drug-likeness (QED) is 0.823. The minimum Gasteiger partial charge on any atom is -0.381 e. The topological polar surface area (TPSA) is 50.4 Å². The molecule has 0 aromatic heterocycles. The molecule has 0 unspecified atom stereocenters.